The second-order valence-corrected chi connectivity index (χ2v) is 4.45. The second kappa shape index (κ2) is 7.74. The summed E-state index contributed by atoms with van der Waals surface area (Å²) in [6.45, 7) is 2.27. The van der Waals surface area contributed by atoms with Crippen molar-refractivity contribution in [1.29, 1.82) is 0 Å². The number of ether oxygens (including phenoxy) is 2. The Morgan fingerprint density at radius 3 is 2.48 bits per heavy atom. The van der Waals surface area contributed by atoms with E-state index in [0.29, 0.717) is 23.7 Å². The zero-order valence-electron chi connectivity index (χ0n) is 12.5. The molecule has 0 atom stereocenters. The first-order valence-corrected chi connectivity index (χ1v) is 6.97. The van der Waals surface area contributed by atoms with Crippen LogP contribution in [0.3, 0.4) is 0 Å². The third-order valence-electron chi connectivity index (χ3n) is 2.89. The average molecular weight is 313 g/mol. The van der Waals surface area contributed by atoms with Crippen LogP contribution in [-0.2, 0) is 4.79 Å². The number of nitrogens with zero attached hydrogens (tertiary/aromatic N) is 1. The van der Waals surface area contributed by atoms with E-state index in [-0.39, 0.29) is 5.69 Å². The quantitative estimate of drug-likeness (QED) is 0.267. The SMILES string of the molecule is CCOc1ccccc1OC(=O)C=Cc1ccccc1[N+](=O)[O-]. The number of hydrogen-bond donors (Lipinski definition) is 0. The highest BCUT2D eigenvalue weighted by atomic mass is 16.6. The Balaban J connectivity index is 2.13. The maximum atomic E-state index is 11.9. The fourth-order valence-electron chi connectivity index (χ4n) is 1.90. The molecular weight excluding hydrogens is 298 g/mol. The molecule has 23 heavy (non-hydrogen) atoms. The van der Waals surface area contributed by atoms with E-state index in [9.17, 15) is 14.9 Å². The number of nitro groups is 1. The molecule has 6 nitrogen and oxygen atoms in total. The lowest BCUT2D eigenvalue weighted by atomic mass is 10.1. The minimum atomic E-state index is -0.643. The topological polar surface area (TPSA) is 78.7 Å². The molecule has 0 saturated heterocycles. The van der Waals surface area contributed by atoms with Crippen molar-refractivity contribution in [2.75, 3.05) is 6.61 Å². The van der Waals surface area contributed by atoms with Gasteiger partial charge in [-0.05, 0) is 31.2 Å². The molecule has 2 aromatic rings. The molecule has 0 amide bonds. The van der Waals surface area contributed by atoms with Gasteiger partial charge in [-0.2, -0.15) is 0 Å². The Hall–Kier alpha value is -3.15. The molecule has 6 heteroatoms. The fourth-order valence-corrected chi connectivity index (χ4v) is 1.90. The van der Waals surface area contributed by atoms with Gasteiger partial charge in [-0.3, -0.25) is 10.1 Å². The third kappa shape index (κ3) is 4.41. The highest BCUT2D eigenvalue weighted by Crippen LogP contribution is 2.26. The molecule has 0 fully saturated rings. The van der Waals surface area contributed by atoms with Crippen LogP contribution in [0.15, 0.2) is 54.6 Å². The van der Waals surface area contributed by atoms with Gasteiger partial charge in [0.1, 0.15) is 0 Å². The van der Waals surface area contributed by atoms with Gasteiger partial charge < -0.3 is 9.47 Å². The van der Waals surface area contributed by atoms with E-state index in [4.69, 9.17) is 9.47 Å². The van der Waals surface area contributed by atoms with E-state index < -0.39 is 10.9 Å². The van der Waals surface area contributed by atoms with Crippen molar-refractivity contribution in [3.63, 3.8) is 0 Å². The van der Waals surface area contributed by atoms with Crippen molar-refractivity contribution in [3.8, 4) is 11.5 Å². The number of benzene rings is 2. The molecule has 118 valence electrons. The molecule has 0 aliphatic heterocycles. The standard InChI is InChI=1S/C17H15NO5/c1-2-22-15-9-5-6-10-16(15)23-17(19)12-11-13-7-3-4-8-14(13)18(20)21/h3-12H,2H2,1H3. The van der Waals surface area contributed by atoms with Gasteiger partial charge >= 0.3 is 5.97 Å². The van der Waals surface area contributed by atoms with Crippen molar-refractivity contribution in [2.24, 2.45) is 0 Å². The maximum absolute atomic E-state index is 11.9. The van der Waals surface area contributed by atoms with Crippen LogP contribution in [0.5, 0.6) is 11.5 Å². The van der Waals surface area contributed by atoms with Crippen molar-refractivity contribution >= 4 is 17.7 Å². The van der Waals surface area contributed by atoms with Gasteiger partial charge in [0.05, 0.1) is 17.1 Å². The first kappa shape index (κ1) is 16.2. The van der Waals surface area contributed by atoms with Crippen LogP contribution in [0.25, 0.3) is 6.08 Å². The summed E-state index contributed by atoms with van der Waals surface area (Å²) < 4.78 is 10.6. The average Bonchev–Trinajstić information content (AvgIpc) is 2.55. The predicted octanol–water partition coefficient (Wildman–Crippen LogP) is 3.61. The number of carbonyl (C=O) groups excluding carboxylic acids is 1. The number of nitro benzene ring substituents is 1. The van der Waals surface area contributed by atoms with E-state index in [1.807, 2.05) is 6.92 Å². The minimum Gasteiger partial charge on any atom is -0.490 e. The van der Waals surface area contributed by atoms with Crippen molar-refractivity contribution in [2.45, 2.75) is 6.92 Å². The number of rotatable bonds is 6. The van der Waals surface area contributed by atoms with Crippen LogP contribution in [0.1, 0.15) is 12.5 Å². The summed E-state index contributed by atoms with van der Waals surface area (Å²) in [5, 5.41) is 10.9. The molecule has 2 rings (SSSR count). The molecule has 0 aliphatic rings. The van der Waals surface area contributed by atoms with Crippen molar-refractivity contribution < 1.29 is 19.2 Å². The summed E-state index contributed by atoms with van der Waals surface area (Å²) in [6, 6.07) is 12.9. The van der Waals surface area contributed by atoms with E-state index in [2.05, 4.69) is 0 Å². The van der Waals surface area contributed by atoms with Crippen LogP contribution in [0, 0.1) is 10.1 Å². The summed E-state index contributed by atoms with van der Waals surface area (Å²) in [6.07, 6.45) is 2.49. The van der Waals surface area contributed by atoms with Crippen LogP contribution >= 0.6 is 0 Å². The second-order valence-electron chi connectivity index (χ2n) is 4.45. The fraction of sp³-hybridized carbons (Fsp3) is 0.118. The normalized spacial score (nSPS) is 10.5. The van der Waals surface area contributed by atoms with E-state index >= 15 is 0 Å². The molecular formula is C17H15NO5. The number of carbonyl (C=O) groups is 1. The first-order valence-electron chi connectivity index (χ1n) is 6.97. The van der Waals surface area contributed by atoms with E-state index in [1.54, 1.807) is 42.5 Å². The van der Waals surface area contributed by atoms with E-state index in [1.165, 1.54) is 12.1 Å². The highest BCUT2D eigenvalue weighted by Gasteiger charge is 2.11. The zero-order chi connectivity index (χ0) is 16.7. The molecule has 0 aliphatic carbocycles. The van der Waals surface area contributed by atoms with Gasteiger partial charge in [0, 0.05) is 12.1 Å². The van der Waals surface area contributed by atoms with Crippen molar-refractivity contribution in [3.05, 3.63) is 70.3 Å². The molecule has 0 unspecified atom stereocenters. The van der Waals surface area contributed by atoms with Crippen LogP contribution in [-0.4, -0.2) is 17.5 Å². The minimum absolute atomic E-state index is 0.0775. The van der Waals surface area contributed by atoms with Crippen LogP contribution < -0.4 is 9.47 Å². The monoisotopic (exact) mass is 313 g/mol. The molecule has 0 N–H and O–H groups in total. The van der Waals surface area contributed by atoms with E-state index in [0.717, 1.165) is 6.08 Å². The Morgan fingerprint density at radius 2 is 1.78 bits per heavy atom. The van der Waals surface area contributed by atoms with Crippen LogP contribution in [0.4, 0.5) is 5.69 Å². The summed E-state index contributed by atoms with van der Waals surface area (Å²) in [5.74, 6) is 0.115. The molecule has 0 spiro atoms. The van der Waals surface area contributed by atoms with Gasteiger partial charge in [-0.25, -0.2) is 4.79 Å². The third-order valence-corrected chi connectivity index (χ3v) is 2.89. The maximum Gasteiger partial charge on any atom is 0.336 e. The van der Waals surface area contributed by atoms with Crippen molar-refractivity contribution in [1.82, 2.24) is 0 Å². The molecule has 0 heterocycles. The largest absolute Gasteiger partial charge is 0.490 e. The summed E-state index contributed by atoms with van der Waals surface area (Å²) >= 11 is 0. The number of para-hydroxylation sites is 3. The Bertz CT molecular complexity index is 739. The molecule has 0 aromatic heterocycles. The highest BCUT2D eigenvalue weighted by molar-refractivity contribution is 5.89. The van der Waals surface area contributed by atoms with Gasteiger partial charge in [-0.15, -0.1) is 0 Å². The number of hydrogen-bond acceptors (Lipinski definition) is 5. The van der Waals surface area contributed by atoms with Gasteiger partial charge in [-0.1, -0.05) is 24.3 Å². The summed E-state index contributed by atoms with van der Waals surface area (Å²) in [4.78, 5) is 22.3. The Labute approximate surface area is 133 Å². The lowest BCUT2D eigenvalue weighted by Gasteiger charge is -2.08. The Morgan fingerprint density at radius 1 is 1.13 bits per heavy atom. The van der Waals surface area contributed by atoms with Gasteiger partial charge in [0.15, 0.2) is 11.5 Å². The molecule has 0 bridgehead atoms. The first-order chi connectivity index (χ1) is 11.1. The molecule has 2 aromatic carbocycles. The summed E-state index contributed by atoms with van der Waals surface area (Å²) in [7, 11) is 0. The van der Waals surface area contributed by atoms with Crippen LogP contribution in [0.2, 0.25) is 0 Å². The molecule has 0 saturated carbocycles. The smallest absolute Gasteiger partial charge is 0.336 e. The number of esters is 1. The lowest BCUT2D eigenvalue weighted by Crippen LogP contribution is -2.05. The summed E-state index contributed by atoms with van der Waals surface area (Å²) in [5.41, 5.74) is 0.249. The predicted molar refractivity (Wildman–Crippen MR) is 85.4 cm³/mol. The molecule has 0 radical (unpaired) electrons. The lowest BCUT2D eigenvalue weighted by molar-refractivity contribution is -0.385. The van der Waals surface area contributed by atoms with Gasteiger partial charge in [0.2, 0.25) is 0 Å². The van der Waals surface area contributed by atoms with Gasteiger partial charge in [0.25, 0.3) is 5.69 Å². The Kier molecular flexibility index (Phi) is 5.46. The zero-order valence-corrected chi connectivity index (χ0v) is 12.5.